The quantitative estimate of drug-likeness (QED) is 0.489. The van der Waals surface area contributed by atoms with Gasteiger partial charge in [0.1, 0.15) is 23.0 Å². The van der Waals surface area contributed by atoms with Crippen LogP contribution in [0.4, 0.5) is 13.2 Å². The Morgan fingerprint density at radius 3 is 2.52 bits per heavy atom. The lowest BCUT2D eigenvalue weighted by Gasteiger charge is -2.07. The van der Waals surface area contributed by atoms with Gasteiger partial charge in [-0.15, -0.1) is 0 Å². The highest BCUT2D eigenvalue weighted by atomic mass is 32.1. The van der Waals surface area contributed by atoms with Crippen LogP contribution in [0, 0.1) is 24.4 Å². The van der Waals surface area contributed by atoms with Crippen molar-refractivity contribution in [3.63, 3.8) is 0 Å². The average Bonchev–Trinajstić information content (AvgIpc) is 3.28. The Hall–Kier alpha value is -3.44. The van der Waals surface area contributed by atoms with Crippen LogP contribution in [0.3, 0.4) is 0 Å². The van der Waals surface area contributed by atoms with E-state index in [-0.39, 0.29) is 30.1 Å². The topological polar surface area (TPSA) is 88.0 Å². The molecule has 0 saturated carbocycles. The second-order valence-electron chi connectivity index (χ2n) is 6.55. The fourth-order valence-electron chi connectivity index (χ4n) is 2.90. The minimum Gasteiger partial charge on any atom is -0.442 e. The van der Waals surface area contributed by atoms with Crippen molar-refractivity contribution in [2.75, 3.05) is 0 Å². The van der Waals surface area contributed by atoms with Crippen molar-refractivity contribution in [2.24, 2.45) is 5.73 Å². The van der Waals surface area contributed by atoms with Crippen molar-refractivity contribution in [3.05, 3.63) is 86.9 Å². The van der Waals surface area contributed by atoms with Crippen molar-refractivity contribution in [1.29, 1.82) is 0 Å². The molecule has 0 saturated heterocycles. The van der Waals surface area contributed by atoms with Crippen molar-refractivity contribution in [1.82, 2.24) is 19.3 Å². The number of aromatic nitrogens is 4. The molecule has 0 aliphatic carbocycles. The molecule has 0 atom stereocenters. The highest BCUT2D eigenvalue weighted by molar-refractivity contribution is 7.13. The SMILES string of the molecule is Cc1nc(CN)sc1Oc1ccc(-n2ncn(Cc3c(F)cccc3F)c2=O)cc1F. The van der Waals surface area contributed by atoms with E-state index in [4.69, 9.17) is 10.5 Å². The summed E-state index contributed by atoms with van der Waals surface area (Å²) in [6.07, 6.45) is 1.13. The van der Waals surface area contributed by atoms with Gasteiger partial charge in [-0.3, -0.25) is 4.57 Å². The lowest BCUT2D eigenvalue weighted by molar-refractivity contribution is 0.448. The van der Waals surface area contributed by atoms with E-state index >= 15 is 0 Å². The maximum absolute atomic E-state index is 14.6. The van der Waals surface area contributed by atoms with E-state index in [2.05, 4.69) is 10.1 Å². The molecule has 7 nitrogen and oxygen atoms in total. The largest absolute Gasteiger partial charge is 0.442 e. The summed E-state index contributed by atoms with van der Waals surface area (Å²) in [6, 6.07) is 7.32. The zero-order valence-electron chi connectivity index (χ0n) is 16.2. The van der Waals surface area contributed by atoms with Crippen molar-refractivity contribution in [2.45, 2.75) is 20.0 Å². The predicted molar refractivity (Wildman–Crippen MR) is 108 cm³/mol. The molecule has 0 aliphatic heterocycles. The molecule has 2 heterocycles. The zero-order chi connectivity index (χ0) is 22.1. The smallest absolute Gasteiger partial charge is 0.350 e. The number of nitrogens with two attached hydrogens (primary N) is 1. The van der Waals surface area contributed by atoms with Crippen LogP contribution in [0.5, 0.6) is 10.8 Å². The number of halogens is 3. The molecular formula is C20H16F3N5O2S. The van der Waals surface area contributed by atoms with E-state index in [0.717, 1.165) is 33.8 Å². The van der Waals surface area contributed by atoms with Gasteiger partial charge in [-0.05, 0) is 31.2 Å². The van der Waals surface area contributed by atoms with Crippen molar-refractivity contribution < 1.29 is 17.9 Å². The van der Waals surface area contributed by atoms with E-state index < -0.39 is 23.1 Å². The second-order valence-corrected chi connectivity index (χ2v) is 7.60. The Kier molecular flexibility index (Phi) is 5.61. The predicted octanol–water partition coefficient (Wildman–Crippen LogP) is 3.52. The van der Waals surface area contributed by atoms with Gasteiger partial charge in [-0.2, -0.15) is 9.78 Å². The minimum absolute atomic E-state index is 0.0556. The van der Waals surface area contributed by atoms with Gasteiger partial charge in [0.05, 0.1) is 17.9 Å². The molecule has 2 N–H and O–H groups in total. The number of aryl methyl sites for hydroxylation is 1. The molecule has 0 aliphatic rings. The standard InChI is InChI=1S/C20H16F3N5O2S/c1-11-19(31-18(8-24)26-11)30-17-6-5-12(7-16(17)23)28-20(29)27(10-25-28)9-13-14(21)3-2-4-15(13)22/h2-7,10H,8-9,24H2,1H3. The molecular weight excluding hydrogens is 431 g/mol. The van der Waals surface area contributed by atoms with Gasteiger partial charge in [0.25, 0.3) is 0 Å². The van der Waals surface area contributed by atoms with Crippen molar-refractivity contribution in [3.8, 4) is 16.5 Å². The van der Waals surface area contributed by atoms with E-state index in [0.29, 0.717) is 15.8 Å². The van der Waals surface area contributed by atoms with Crippen LogP contribution >= 0.6 is 11.3 Å². The highest BCUT2D eigenvalue weighted by Crippen LogP contribution is 2.33. The van der Waals surface area contributed by atoms with Gasteiger partial charge in [0.15, 0.2) is 11.6 Å². The Morgan fingerprint density at radius 2 is 1.87 bits per heavy atom. The number of rotatable bonds is 6. The lowest BCUT2D eigenvalue weighted by Crippen LogP contribution is -2.24. The Morgan fingerprint density at radius 1 is 1.13 bits per heavy atom. The number of hydrogen-bond donors (Lipinski definition) is 1. The molecule has 0 amide bonds. The Labute approximate surface area is 178 Å². The van der Waals surface area contributed by atoms with Gasteiger partial charge in [-0.25, -0.2) is 22.9 Å². The lowest BCUT2D eigenvalue weighted by atomic mass is 10.2. The number of thiazole rings is 1. The third-order valence-electron chi connectivity index (χ3n) is 4.46. The van der Waals surface area contributed by atoms with Crippen LogP contribution in [-0.4, -0.2) is 19.3 Å². The monoisotopic (exact) mass is 447 g/mol. The molecule has 0 bridgehead atoms. The van der Waals surface area contributed by atoms with E-state index in [1.807, 2.05) is 0 Å². The molecule has 0 spiro atoms. The first kappa shape index (κ1) is 20.8. The van der Waals surface area contributed by atoms with Crippen LogP contribution < -0.4 is 16.2 Å². The van der Waals surface area contributed by atoms with E-state index in [9.17, 15) is 18.0 Å². The van der Waals surface area contributed by atoms with Gasteiger partial charge in [0, 0.05) is 18.2 Å². The maximum atomic E-state index is 14.6. The fourth-order valence-corrected chi connectivity index (χ4v) is 3.70. The number of benzene rings is 2. The molecule has 11 heteroatoms. The van der Waals surface area contributed by atoms with E-state index in [1.54, 1.807) is 6.92 Å². The first-order valence-electron chi connectivity index (χ1n) is 9.09. The first-order chi connectivity index (χ1) is 14.9. The third kappa shape index (κ3) is 4.09. The number of nitrogens with zero attached hydrogens (tertiary/aromatic N) is 4. The third-order valence-corrected chi connectivity index (χ3v) is 5.52. The van der Waals surface area contributed by atoms with Gasteiger partial charge < -0.3 is 10.5 Å². The Bertz CT molecular complexity index is 1290. The Balaban J connectivity index is 1.60. The van der Waals surface area contributed by atoms with E-state index in [1.165, 1.54) is 29.5 Å². The molecule has 160 valence electrons. The van der Waals surface area contributed by atoms with Gasteiger partial charge in [-0.1, -0.05) is 17.4 Å². The summed E-state index contributed by atoms with van der Waals surface area (Å²) >= 11 is 1.22. The summed E-state index contributed by atoms with van der Waals surface area (Å²) in [6.45, 7) is 1.62. The highest BCUT2D eigenvalue weighted by Gasteiger charge is 2.16. The summed E-state index contributed by atoms with van der Waals surface area (Å²) < 4.78 is 49.9. The zero-order valence-corrected chi connectivity index (χ0v) is 17.0. The fraction of sp³-hybridized carbons (Fsp3) is 0.150. The number of hydrogen-bond acceptors (Lipinski definition) is 6. The van der Waals surface area contributed by atoms with Gasteiger partial charge >= 0.3 is 5.69 Å². The molecule has 0 unspecified atom stereocenters. The van der Waals surface area contributed by atoms with Crippen LogP contribution in [-0.2, 0) is 13.1 Å². The molecule has 4 rings (SSSR count). The minimum atomic E-state index is -0.775. The summed E-state index contributed by atoms with van der Waals surface area (Å²) in [7, 11) is 0. The van der Waals surface area contributed by atoms with Crippen LogP contribution in [0.15, 0.2) is 47.5 Å². The molecule has 2 aromatic heterocycles. The summed E-state index contributed by atoms with van der Waals surface area (Å²) in [5.41, 5.74) is 5.33. The van der Waals surface area contributed by atoms with Crippen LogP contribution in [0.2, 0.25) is 0 Å². The molecule has 4 aromatic rings. The maximum Gasteiger partial charge on any atom is 0.350 e. The second kappa shape index (κ2) is 8.36. The molecule has 0 fully saturated rings. The summed E-state index contributed by atoms with van der Waals surface area (Å²) in [5, 5.41) is 4.99. The average molecular weight is 447 g/mol. The van der Waals surface area contributed by atoms with Crippen molar-refractivity contribution >= 4 is 11.3 Å². The van der Waals surface area contributed by atoms with Crippen LogP contribution in [0.25, 0.3) is 5.69 Å². The van der Waals surface area contributed by atoms with Crippen LogP contribution in [0.1, 0.15) is 16.3 Å². The van der Waals surface area contributed by atoms with Gasteiger partial charge in [0.2, 0.25) is 5.06 Å². The summed E-state index contributed by atoms with van der Waals surface area (Å²) in [4.78, 5) is 16.8. The molecule has 31 heavy (non-hydrogen) atoms. The molecule has 2 aromatic carbocycles. The first-order valence-corrected chi connectivity index (χ1v) is 9.90. The normalized spacial score (nSPS) is 11.1. The summed E-state index contributed by atoms with van der Waals surface area (Å²) in [5.74, 6) is -2.33. The number of ether oxygens (including phenoxy) is 1. The molecule has 0 radical (unpaired) electrons.